The highest BCUT2D eigenvalue weighted by molar-refractivity contribution is 5.87. The van der Waals surface area contributed by atoms with E-state index < -0.39 is 0 Å². The minimum atomic E-state index is 0.0399. The average Bonchev–Trinajstić information content (AvgIpc) is 3.03. The van der Waals surface area contributed by atoms with Crippen LogP contribution in [0.15, 0.2) is 36.5 Å². The molecule has 0 N–H and O–H groups in total. The SMILES string of the molecule is Cc1c[n+](C)c2c(c1C)C(C)(C)C(C)(C)c1cc3c(c(C)c1-2)Cc1ccccc1-3. The highest BCUT2D eigenvalue weighted by atomic mass is 14.9. The van der Waals surface area contributed by atoms with Crippen molar-refractivity contribution >= 4 is 0 Å². The normalized spacial score (nSPS) is 17.4. The van der Waals surface area contributed by atoms with Gasteiger partial charge in [-0.05, 0) is 77.6 Å². The molecule has 1 nitrogen and oxygen atoms in total. The fraction of sp³-hybridized carbons (Fsp3) is 0.393. The van der Waals surface area contributed by atoms with E-state index in [2.05, 4.69) is 96.6 Å². The molecule has 0 saturated heterocycles. The molecule has 0 amide bonds. The summed E-state index contributed by atoms with van der Waals surface area (Å²) in [6.45, 7) is 16.7. The van der Waals surface area contributed by atoms with E-state index in [-0.39, 0.29) is 10.8 Å². The quantitative estimate of drug-likeness (QED) is 0.317. The number of nitrogens with zero attached hydrogens (tertiary/aromatic N) is 1. The van der Waals surface area contributed by atoms with Crippen molar-refractivity contribution in [3.8, 4) is 22.4 Å². The molecule has 0 radical (unpaired) electrons. The minimum Gasteiger partial charge on any atom is -0.200 e. The predicted molar refractivity (Wildman–Crippen MR) is 122 cm³/mol. The Morgan fingerprint density at radius 1 is 0.862 bits per heavy atom. The van der Waals surface area contributed by atoms with E-state index in [1.807, 2.05) is 0 Å². The van der Waals surface area contributed by atoms with E-state index in [1.165, 1.54) is 61.3 Å². The number of hydrogen-bond acceptors (Lipinski definition) is 0. The molecule has 0 saturated carbocycles. The first-order valence-electron chi connectivity index (χ1n) is 10.8. The zero-order chi connectivity index (χ0) is 20.9. The summed E-state index contributed by atoms with van der Waals surface area (Å²) in [5.41, 5.74) is 16.2. The molecule has 5 rings (SSSR count). The van der Waals surface area contributed by atoms with Crippen molar-refractivity contribution < 1.29 is 4.57 Å². The van der Waals surface area contributed by atoms with Crippen LogP contribution in [0.1, 0.15) is 66.6 Å². The third kappa shape index (κ3) is 2.14. The summed E-state index contributed by atoms with van der Waals surface area (Å²) < 4.78 is 2.38. The lowest BCUT2D eigenvalue weighted by Crippen LogP contribution is -2.49. The lowest BCUT2D eigenvalue weighted by atomic mass is 9.54. The molecule has 1 aromatic heterocycles. The molecule has 0 unspecified atom stereocenters. The van der Waals surface area contributed by atoms with Gasteiger partial charge in [0.05, 0.1) is 5.56 Å². The molecule has 0 bridgehead atoms. The number of hydrogen-bond donors (Lipinski definition) is 0. The van der Waals surface area contributed by atoms with Gasteiger partial charge in [-0.1, -0.05) is 52.0 Å². The monoisotopic (exact) mass is 382 g/mol. The van der Waals surface area contributed by atoms with Crippen LogP contribution in [0.5, 0.6) is 0 Å². The summed E-state index contributed by atoms with van der Waals surface area (Å²) in [5.74, 6) is 0. The summed E-state index contributed by atoms with van der Waals surface area (Å²) in [7, 11) is 2.23. The second-order valence-electron chi connectivity index (χ2n) is 10.3. The van der Waals surface area contributed by atoms with Crippen molar-refractivity contribution in [3.05, 3.63) is 75.5 Å². The van der Waals surface area contributed by atoms with Gasteiger partial charge in [0.25, 0.3) is 0 Å². The van der Waals surface area contributed by atoms with Crippen molar-refractivity contribution in [1.29, 1.82) is 0 Å². The first-order valence-corrected chi connectivity index (χ1v) is 10.8. The molecule has 3 aromatic rings. The molecule has 148 valence electrons. The third-order valence-corrected chi connectivity index (χ3v) is 8.43. The van der Waals surface area contributed by atoms with Crippen LogP contribution in [0.3, 0.4) is 0 Å². The topological polar surface area (TPSA) is 3.88 Å². The Labute approximate surface area is 175 Å². The summed E-state index contributed by atoms with van der Waals surface area (Å²) in [5, 5.41) is 0. The van der Waals surface area contributed by atoms with Crippen LogP contribution in [0.4, 0.5) is 0 Å². The largest absolute Gasteiger partial charge is 0.216 e. The highest BCUT2D eigenvalue weighted by Crippen LogP contribution is 2.57. The number of benzene rings is 2. The number of pyridine rings is 1. The molecule has 29 heavy (non-hydrogen) atoms. The van der Waals surface area contributed by atoms with Crippen LogP contribution in [0.25, 0.3) is 22.4 Å². The zero-order valence-corrected chi connectivity index (χ0v) is 19.1. The molecule has 2 aliphatic carbocycles. The standard InChI is InChI=1S/C28H32N/c1-16-15-29(8)26-24-18(3)21-13-19-11-9-10-12-20(19)22(21)14-23(24)27(4,5)28(6,7)25(26)17(16)2/h9-12,14-15H,13H2,1-8H3/q+1. The summed E-state index contributed by atoms with van der Waals surface area (Å²) in [6, 6.07) is 11.5. The zero-order valence-electron chi connectivity index (χ0n) is 19.1. The van der Waals surface area contributed by atoms with Gasteiger partial charge in [-0.2, -0.15) is 0 Å². The third-order valence-electron chi connectivity index (χ3n) is 8.43. The van der Waals surface area contributed by atoms with Gasteiger partial charge in [0.15, 0.2) is 6.20 Å². The Kier molecular flexibility index (Phi) is 3.59. The van der Waals surface area contributed by atoms with E-state index in [9.17, 15) is 0 Å². The maximum Gasteiger partial charge on any atom is 0.216 e. The molecule has 0 atom stereocenters. The second-order valence-corrected chi connectivity index (χ2v) is 10.3. The van der Waals surface area contributed by atoms with E-state index in [4.69, 9.17) is 0 Å². The number of fused-ring (bicyclic) bond motifs is 6. The molecular weight excluding hydrogens is 350 g/mol. The van der Waals surface area contributed by atoms with Crippen molar-refractivity contribution in [2.24, 2.45) is 7.05 Å². The summed E-state index contributed by atoms with van der Waals surface area (Å²) in [4.78, 5) is 0. The first-order chi connectivity index (χ1) is 13.6. The maximum atomic E-state index is 2.53. The fourth-order valence-corrected chi connectivity index (χ4v) is 5.97. The average molecular weight is 383 g/mol. The maximum absolute atomic E-state index is 2.53. The Hall–Kier alpha value is -2.41. The van der Waals surface area contributed by atoms with Crippen molar-refractivity contribution in [2.45, 2.75) is 65.7 Å². The van der Waals surface area contributed by atoms with Crippen LogP contribution in [-0.4, -0.2) is 0 Å². The van der Waals surface area contributed by atoms with Crippen molar-refractivity contribution in [2.75, 3.05) is 0 Å². The van der Waals surface area contributed by atoms with Crippen LogP contribution in [0, 0.1) is 20.8 Å². The fourth-order valence-electron chi connectivity index (χ4n) is 5.97. The highest BCUT2D eigenvalue weighted by Gasteiger charge is 2.51. The van der Waals surface area contributed by atoms with Crippen molar-refractivity contribution in [1.82, 2.24) is 0 Å². The minimum absolute atomic E-state index is 0.0399. The summed E-state index contributed by atoms with van der Waals surface area (Å²) in [6.07, 6.45) is 3.37. The molecule has 2 aromatic carbocycles. The van der Waals surface area contributed by atoms with Gasteiger partial charge in [-0.25, -0.2) is 4.57 Å². The molecule has 2 aliphatic rings. The smallest absolute Gasteiger partial charge is 0.200 e. The van der Waals surface area contributed by atoms with Crippen LogP contribution < -0.4 is 4.57 Å². The number of aryl methyl sites for hydroxylation is 2. The molecular formula is C28H32N+. The van der Waals surface area contributed by atoms with Gasteiger partial charge >= 0.3 is 0 Å². The van der Waals surface area contributed by atoms with Crippen LogP contribution >= 0.6 is 0 Å². The van der Waals surface area contributed by atoms with Gasteiger partial charge in [-0.15, -0.1) is 0 Å². The Morgan fingerprint density at radius 3 is 2.28 bits per heavy atom. The number of rotatable bonds is 0. The molecule has 0 fully saturated rings. The molecule has 0 spiro atoms. The number of aromatic nitrogens is 1. The van der Waals surface area contributed by atoms with Gasteiger partial charge in [0.1, 0.15) is 7.05 Å². The lowest BCUT2D eigenvalue weighted by Gasteiger charge is -2.48. The Morgan fingerprint density at radius 2 is 1.55 bits per heavy atom. The predicted octanol–water partition coefficient (Wildman–Crippen LogP) is 6.24. The molecule has 1 heterocycles. The lowest BCUT2D eigenvalue weighted by molar-refractivity contribution is -0.661. The Balaban J connectivity index is 1.96. The molecule has 0 aliphatic heterocycles. The van der Waals surface area contributed by atoms with Crippen LogP contribution in [0.2, 0.25) is 0 Å². The van der Waals surface area contributed by atoms with Gasteiger partial charge in [-0.3, -0.25) is 0 Å². The first kappa shape index (κ1) is 18.6. The van der Waals surface area contributed by atoms with E-state index in [1.54, 1.807) is 0 Å². The Bertz CT molecular complexity index is 1210. The van der Waals surface area contributed by atoms with E-state index in [0.717, 1.165) is 6.42 Å². The second kappa shape index (κ2) is 5.59. The van der Waals surface area contributed by atoms with Gasteiger partial charge in [0, 0.05) is 16.5 Å². The summed E-state index contributed by atoms with van der Waals surface area (Å²) >= 11 is 0. The van der Waals surface area contributed by atoms with E-state index in [0.29, 0.717) is 0 Å². The van der Waals surface area contributed by atoms with Crippen molar-refractivity contribution in [3.63, 3.8) is 0 Å². The van der Waals surface area contributed by atoms with Crippen LogP contribution in [-0.2, 0) is 24.3 Å². The van der Waals surface area contributed by atoms with Gasteiger partial charge in [0.2, 0.25) is 5.69 Å². The van der Waals surface area contributed by atoms with Gasteiger partial charge < -0.3 is 0 Å². The van der Waals surface area contributed by atoms with E-state index >= 15 is 0 Å². The molecule has 1 heteroatoms.